The summed E-state index contributed by atoms with van der Waals surface area (Å²) in [7, 11) is 0. The van der Waals surface area contributed by atoms with Gasteiger partial charge in [0, 0.05) is 22.8 Å². The summed E-state index contributed by atoms with van der Waals surface area (Å²) in [5, 5.41) is 6.84. The van der Waals surface area contributed by atoms with E-state index in [0.717, 1.165) is 48.1 Å². The van der Waals surface area contributed by atoms with E-state index in [-0.39, 0.29) is 18.6 Å². The molecule has 1 aromatic heterocycles. The van der Waals surface area contributed by atoms with Crippen molar-refractivity contribution in [2.75, 3.05) is 18.5 Å². The Morgan fingerprint density at radius 3 is 2.68 bits per heavy atom. The minimum atomic E-state index is -0.0918. The van der Waals surface area contributed by atoms with Crippen LogP contribution in [-0.4, -0.2) is 30.1 Å². The molecule has 6 heteroatoms. The highest BCUT2D eigenvalue weighted by Gasteiger charge is 2.24. The van der Waals surface area contributed by atoms with Crippen molar-refractivity contribution < 1.29 is 14.3 Å². The summed E-state index contributed by atoms with van der Waals surface area (Å²) in [6, 6.07) is 14.9. The Kier molecular flexibility index (Phi) is 6.34. The number of pyridine rings is 1. The second-order valence-corrected chi connectivity index (χ2v) is 7.44. The van der Waals surface area contributed by atoms with Crippen molar-refractivity contribution >= 4 is 22.5 Å². The largest absolute Gasteiger partial charge is 0.480 e. The van der Waals surface area contributed by atoms with Crippen molar-refractivity contribution in [1.29, 1.82) is 0 Å². The molecule has 2 heterocycles. The van der Waals surface area contributed by atoms with Gasteiger partial charge in [-0.1, -0.05) is 19.3 Å². The molecule has 0 saturated carbocycles. The van der Waals surface area contributed by atoms with Gasteiger partial charge in [-0.05, 0) is 61.9 Å². The maximum Gasteiger partial charge on any atom is 0.241 e. The third kappa shape index (κ3) is 4.96. The van der Waals surface area contributed by atoms with Crippen LogP contribution in [0.5, 0.6) is 17.2 Å². The molecule has 1 amide bonds. The van der Waals surface area contributed by atoms with Gasteiger partial charge < -0.3 is 20.1 Å². The molecule has 1 atom stereocenters. The van der Waals surface area contributed by atoms with Gasteiger partial charge in [0.25, 0.3) is 0 Å². The molecule has 3 aromatic rings. The van der Waals surface area contributed by atoms with Gasteiger partial charge in [-0.3, -0.25) is 9.78 Å². The number of aryl methyl sites for hydroxylation is 1. The molecular weight excluding hydrogens is 390 g/mol. The van der Waals surface area contributed by atoms with Gasteiger partial charge in [0.1, 0.15) is 23.9 Å². The van der Waals surface area contributed by atoms with E-state index in [0.29, 0.717) is 17.2 Å². The fraction of sp³-hybridized carbons (Fsp3) is 0.280. The number of rotatable bonds is 8. The zero-order valence-corrected chi connectivity index (χ0v) is 17.5. The van der Waals surface area contributed by atoms with Crippen LogP contribution in [-0.2, 0) is 11.2 Å². The van der Waals surface area contributed by atoms with Crippen molar-refractivity contribution in [2.45, 2.75) is 32.2 Å². The SMILES string of the molecule is C#CCOc1cc(CCC)nc2ccc(Oc3ccc(NC(=O)C4CCN4)cc3)cc12. The first-order chi connectivity index (χ1) is 15.2. The number of anilines is 1. The molecule has 6 nitrogen and oxygen atoms in total. The van der Waals surface area contributed by atoms with Crippen molar-refractivity contribution in [3.8, 4) is 29.6 Å². The van der Waals surface area contributed by atoms with Crippen LogP contribution in [0.4, 0.5) is 5.69 Å². The summed E-state index contributed by atoms with van der Waals surface area (Å²) >= 11 is 0. The Hall–Kier alpha value is -3.56. The fourth-order valence-corrected chi connectivity index (χ4v) is 3.40. The van der Waals surface area contributed by atoms with E-state index in [2.05, 4.69) is 23.5 Å². The molecule has 1 unspecified atom stereocenters. The standard InChI is InChI=1S/C25H25N3O3/c1-3-5-18-15-24(30-14-4-2)21-16-20(10-11-22(21)27-18)31-19-8-6-17(7-9-19)28-25(29)23-12-13-26-23/h2,6-11,15-16,23,26H,3,5,12-14H2,1H3,(H,28,29). The van der Waals surface area contributed by atoms with Gasteiger partial charge in [0.2, 0.25) is 5.91 Å². The van der Waals surface area contributed by atoms with Crippen molar-refractivity contribution in [1.82, 2.24) is 10.3 Å². The lowest BCUT2D eigenvalue weighted by Gasteiger charge is -2.26. The number of hydrogen-bond donors (Lipinski definition) is 2. The lowest BCUT2D eigenvalue weighted by molar-refractivity contribution is -0.119. The summed E-state index contributed by atoms with van der Waals surface area (Å²) < 4.78 is 11.8. The summed E-state index contributed by atoms with van der Waals surface area (Å²) in [4.78, 5) is 16.7. The number of nitrogens with one attached hydrogen (secondary N) is 2. The van der Waals surface area contributed by atoms with Gasteiger partial charge in [0.15, 0.2) is 0 Å². The normalized spacial score (nSPS) is 15.0. The average Bonchev–Trinajstić information content (AvgIpc) is 2.72. The quantitative estimate of drug-likeness (QED) is 0.537. The van der Waals surface area contributed by atoms with Crippen molar-refractivity contribution in [3.05, 3.63) is 54.2 Å². The van der Waals surface area contributed by atoms with Crippen LogP contribution in [0.1, 0.15) is 25.5 Å². The summed E-state index contributed by atoms with van der Waals surface area (Å²) in [6.07, 6.45) is 8.12. The Morgan fingerprint density at radius 1 is 1.23 bits per heavy atom. The number of terminal acetylenes is 1. The number of hydrogen-bond acceptors (Lipinski definition) is 5. The van der Waals surface area contributed by atoms with E-state index in [9.17, 15) is 4.79 Å². The topological polar surface area (TPSA) is 72.5 Å². The zero-order chi connectivity index (χ0) is 21.6. The number of nitrogens with zero attached hydrogens (tertiary/aromatic N) is 1. The Labute approximate surface area is 182 Å². The molecule has 0 aliphatic carbocycles. The molecule has 4 rings (SSSR count). The first kappa shape index (κ1) is 20.7. The molecule has 1 aliphatic heterocycles. The Morgan fingerprint density at radius 2 is 2.00 bits per heavy atom. The average molecular weight is 415 g/mol. The van der Waals surface area contributed by atoms with E-state index in [1.807, 2.05) is 48.5 Å². The van der Waals surface area contributed by atoms with Crippen LogP contribution in [0, 0.1) is 12.3 Å². The highest BCUT2D eigenvalue weighted by molar-refractivity contribution is 5.95. The molecule has 2 N–H and O–H groups in total. The maximum absolute atomic E-state index is 12.0. The molecule has 1 fully saturated rings. The number of carbonyl (C=O) groups excluding carboxylic acids is 1. The first-order valence-electron chi connectivity index (χ1n) is 10.5. The second-order valence-electron chi connectivity index (χ2n) is 7.44. The highest BCUT2D eigenvalue weighted by Crippen LogP contribution is 2.32. The second kappa shape index (κ2) is 9.50. The molecule has 0 radical (unpaired) electrons. The maximum atomic E-state index is 12.0. The van der Waals surface area contributed by atoms with Gasteiger partial charge in [0.05, 0.1) is 11.6 Å². The number of fused-ring (bicyclic) bond motifs is 1. The van der Waals surface area contributed by atoms with Gasteiger partial charge >= 0.3 is 0 Å². The Bertz CT molecular complexity index is 1120. The van der Waals surface area contributed by atoms with Crippen LogP contribution in [0.25, 0.3) is 10.9 Å². The monoisotopic (exact) mass is 415 g/mol. The highest BCUT2D eigenvalue weighted by atomic mass is 16.5. The van der Waals surface area contributed by atoms with Crippen LogP contribution < -0.4 is 20.1 Å². The lowest BCUT2D eigenvalue weighted by Crippen LogP contribution is -2.50. The van der Waals surface area contributed by atoms with Gasteiger partial charge in [-0.25, -0.2) is 0 Å². The third-order valence-corrected chi connectivity index (χ3v) is 5.11. The van der Waals surface area contributed by atoms with Crippen LogP contribution in [0.3, 0.4) is 0 Å². The van der Waals surface area contributed by atoms with Crippen molar-refractivity contribution in [3.63, 3.8) is 0 Å². The molecule has 1 saturated heterocycles. The molecule has 0 spiro atoms. The van der Waals surface area contributed by atoms with E-state index in [4.69, 9.17) is 20.9 Å². The Balaban J connectivity index is 1.51. The van der Waals surface area contributed by atoms with Gasteiger partial charge in [-0.15, -0.1) is 6.42 Å². The van der Waals surface area contributed by atoms with E-state index < -0.39 is 0 Å². The number of ether oxygens (including phenoxy) is 2. The molecular formula is C25H25N3O3. The smallest absolute Gasteiger partial charge is 0.241 e. The van der Waals surface area contributed by atoms with Crippen molar-refractivity contribution in [2.24, 2.45) is 0 Å². The van der Waals surface area contributed by atoms with E-state index >= 15 is 0 Å². The zero-order valence-electron chi connectivity index (χ0n) is 17.5. The molecule has 0 bridgehead atoms. The van der Waals surface area contributed by atoms with Crippen LogP contribution >= 0.6 is 0 Å². The molecule has 158 valence electrons. The lowest BCUT2D eigenvalue weighted by atomic mass is 10.1. The number of carbonyl (C=O) groups is 1. The van der Waals surface area contributed by atoms with E-state index in [1.165, 1.54) is 0 Å². The number of benzene rings is 2. The summed E-state index contributed by atoms with van der Waals surface area (Å²) in [6.45, 7) is 3.20. The van der Waals surface area contributed by atoms with Crippen LogP contribution in [0.15, 0.2) is 48.5 Å². The minimum Gasteiger partial charge on any atom is -0.480 e. The summed E-state index contributed by atoms with van der Waals surface area (Å²) in [5.74, 6) is 4.54. The molecule has 31 heavy (non-hydrogen) atoms. The minimum absolute atomic E-state index is 0.0103. The third-order valence-electron chi connectivity index (χ3n) is 5.11. The fourth-order valence-electron chi connectivity index (χ4n) is 3.40. The number of aromatic nitrogens is 1. The van der Waals surface area contributed by atoms with Crippen LogP contribution in [0.2, 0.25) is 0 Å². The van der Waals surface area contributed by atoms with E-state index in [1.54, 1.807) is 0 Å². The first-order valence-corrected chi connectivity index (χ1v) is 10.5. The predicted octanol–water partition coefficient (Wildman–Crippen LogP) is 4.29. The molecule has 2 aromatic carbocycles. The van der Waals surface area contributed by atoms with Gasteiger partial charge in [-0.2, -0.15) is 0 Å². The molecule has 1 aliphatic rings. The summed E-state index contributed by atoms with van der Waals surface area (Å²) in [5.41, 5.74) is 2.56. The number of amides is 1. The predicted molar refractivity (Wildman–Crippen MR) is 122 cm³/mol.